The van der Waals surface area contributed by atoms with Crippen molar-refractivity contribution in [2.75, 3.05) is 23.8 Å². The van der Waals surface area contributed by atoms with E-state index in [-0.39, 0.29) is 36.3 Å². The third-order valence-electron chi connectivity index (χ3n) is 6.83. The summed E-state index contributed by atoms with van der Waals surface area (Å²) in [5.41, 5.74) is 2.12. The molecular weight excluding hydrogens is 542 g/mol. The molecule has 10 heteroatoms. The van der Waals surface area contributed by atoms with Crippen LogP contribution in [0.4, 0.5) is 11.4 Å². The zero-order valence-corrected chi connectivity index (χ0v) is 22.6. The number of carbonyl (C=O) groups excluding carboxylic acids is 4. The third kappa shape index (κ3) is 5.74. The molecule has 0 saturated carbocycles. The summed E-state index contributed by atoms with van der Waals surface area (Å²) in [4.78, 5) is 52.7. The lowest BCUT2D eigenvalue weighted by Crippen LogP contribution is -2.36. The summed E-state index contributed by atoms with van der Waals surface area (Å²) in [6.45, 7) is 0.904. The smallest absolute Gasteiger partial charge is 0.265 e. The van der Waals surface area contributed by atoms with Gasteiger partial charge in [-0.05, 0) is 85.0 Å². The summed E-state index contributed by atoms with van der Waals surface area (Å²) in [7, 11) is 0. The summed E-state index contributed by atoms with van der Waals surface area (Å²) in [6.07, 6.45) is 1.64. The Kier molecular flexibility index (Phi) is 7.32. The van der Waals surface area contributed by atoms with Crippen LogP contribution in [0.15, 0.2) is 84.2 Å². The van der Waals surface area contributed by atoms with Gasteiger partial charge in [0.05, 0.1) is 28.7 Å². The van der Waals surface area contributed by atoms with Crippen molar-refractivity contribution < 1.29 is 28.7 Å². The molecule has 1 aromatic heterocycles. The van der Waals surface area contributed by atoms with E-state index in [2.05, 4.69) is 10.6 Å². The predicted molar refractivity (Wildman–Crippen MR) is 154 cm³/mol. The van der Waals surface area contributed by atoms with Crippen molar-refractivity contribution >= 4 is 46.3 Å². The first-order valence-corrected chi connectivity index (χ1v) is 14.0. The SMILES string of the molecule is O=C(Nc1ccc(Oc2ccc3c(c2)C(=O)N(CC2CCCO2)C3=O)cc1)c1cccc(NC(=O)c2cccs2)c1. The number of hydrogen-bond donors (Lipinski definition) is 2. The van der Waals surface area contributed by atoms with Gasteiger partial charge in [-0.1, -0.05) is 12.1 Å². The molecule has 3 heterocycles. The Bertz CT molecular complexity index is 1630. The molecule has 0 bridgehead atoms. The number of rotatable bonds is 8. The summed E-state index contributed by atoms with van der Waals surface area (Å²) in [6, 6.07) is 21.8. The first kappa shape index (κ1) is 26.4. The van der Waals surface area contributed by atoms with Crippen LogP contribution >= 0.6 is 11.3 Å². The van der Waals surface area contributed by atoms with Crippen LogP contribution in [0.25, 0.3) is 0 Å². The number of nitrogens with zero attached hydrogens (tertiary/aromatic N) is 1. The van der Waals surface area contributed by atoms with E-state index < -0.39 is 0 Å². The Balaban J connectivity index is 1.08. The molecule has 0 spiro atoms. The molecule has 4 amide bonds. The lowest BCUT2D eigenvalue weighted by molar-refractivity contribution is 0.0475. The molecule has 2 aliphatic heterocycles. The minimum Gasteiger partial charge on any atom is -0.457 e. The molecule has 1 fully saturated rings. The van der Waals surface area contributed by atoms with E-state index in [1.807, 2.05) is 5.38 Å². The number of benzene rings is 3. The maximum atomic E-state index is 12.9. The third-order valence-corrected chi connectivity index (χ3v) is 7.70. The van der Waals surface area contributed by atoms with Gasteiger partial charge in [-0.2, -0.15) is 0 Å². The summed E-state index contributed by atoms with van der Waals surface area (Å²) < 4.78 is 11.5. The second-order valence-electron chi connectivity index (χ2n) is 9.66. The number of ether oxygens (including phenoxy) is 2. The largest absolute Gasteiger partial charge is 0.457 e. The molecule has 6 rings (SSSR count). The number of thiophene rings is 1. The van der Waals surface area contributed by atoms with Crippen LogP contribution in [0.5, 0.6) is 11.5 Å². The molecule has 2 aliphatic rings. The van der Waals surface area contributed by atoms with Crippen molar-refractivity contribution in [2.24, 2.45) is 0 Å². The van der Waals surface area contributed by atoms with E-state index in [0.29, 0.717) is 51.0 Å². The maximum Gasteiger partial charge on any atom is 0.265 e. The lowest BCUT2D eigenvalue weighted by Gasteiger charge is -2.17. The summed E-state index contributed by atoms with van der Waals surface area (Å²) in [5, 5.41) is 7.46. The van der Waals surface area contributed by atoms with Gasteiger partial charge in [0.1, 0.15) is 11.5 Å². The lowest BCUT2D eigenvalue weighted by atomic mass is 10.1. The van der Waals surface area contributed by atoms with Crippen molar-refractivity contribution in [3.05, 3.63) is 106 Å². The average molecular weight is 568 g/mol. The van der Waals surface area contributed by atoms with E-state index in [1.165, 1.54) is 16.2 Å². The Morgan fingerprint density at radius 1 is 0.854 bits per heavy atom. The van der Waals surface area contributed by atoms with Crippen molar-refractivity contribution in [1.29, 1.82) is 0 Å². The molecule has 1 atom stereocenters. The van der Waals surface area contributed by atoms with Crippen LogP contribution in [0.3, 0.4) is 0 Å². The second-order valence-corrected chi connectivity index (χ2v) is 10.6. The van der Waals surface area contributed by atoms with Crippen LogP contribution in [0, 0.1) is 0 Å². The molecule has 1 unspecified atom stereocenters. The predicted octanol–water partition coefficient (Wildman–Crippen LogP) is 5.82. The molecule has 9 nitrogen and oxygen atoms in total. The fourth-order valence-corrected chi connectivity index (χ4v) is 5.39. The van der Waals surface area contributed by atoms with Gasteiger partial charge in [-0.3, -0.25) is 24.1 Å². The van der Waals surface area contributed by atoms with E-state index >= 15 is 0 Å². The van der Waals surface area contributed by atoms with E-state index in [4.69, 9.17) is 9.47 Å². The quantitative estimate of drug-likeness (QED) is 0.260. The molecule has 0 radical (unpaired) electrons. The number of fused-ring (bicyclic) bond motifs is 1. The van der Waals surface area contributed by atoms with Crippen molar-refractivity contribution in [3.8, 4) is 11.5 Å². The van der Waals surface area contributed by atoms with Crippen LogP contribution in [-0.4, -0.2) is 47.8 Å². The zero-order valence-electron chi connectivity index (χ0n) is 21.8. The van der Waals surface area contributed by atoms with Gasteiger partial charge in [-0.15, -0.1) is 11.3 Å². The topological polar surface area (TPSA) is 114 Å². The maximum absolute atomic E-state index is 12.9. The highest BCUT2D eigenvalue weighted by molar-refractivity contribution is 7.12. The normalized spacial score (nSPS) is 16.0. The highest BCUT2D eigenvalue weighted by Gasteiger charge is 2.37. The first-order chi connectivity index (χ1) is 19.9. The standard InChI is InChI=1S/C31H25N3O6S/c35-28(19-4-1-5-21(16-19)33-29(36)27-7-3-15-41-27)32-20-8-10-22(11-9-20)40-23-12-13-25-26(17-23)31(38)34(30(25)37)18-24-6-2-14-39-24/h1,3-5,7-13,15-17,24H,2,6,14,18H2,(H,32,35)(H,33,36). The van der Waals surface area contributed by atoms with Crippen molar-refractivity contribution in [3.63, 3.8) is 0 Å². The van der Waals surface area contributed by atoms with E-state index in [1.54, 1.807) is 78.9 Å². The van der Waals surface area contributed by atoms with Gasteiger partial charge in [0, 0.05) is 23.5 Å². The van der Waals surface area contributed by atoms with Crippen LogP contribution < -0.4 is 15.4 Å². The summed E-state index contributed by atoms with van der Waals surface area (Å²) in [5.74, 6) is -0.318. The summed E-state index contributed by atoms with van der Waals surface area (Å²) >= 11 is 1.34. The van der Waals surface area contributed by atoms with E-state index in [0.717, 1.165) is 12.8 Å². The van der Waals surface area contributed by atoms with Gasteiger partial charge < -0.3 is 20.1 Å². The number of hydrogen-bond acceptors (Lipinski definition) is 7. The van der Waals surface area contributed by atoms with Gasteiger partial charge in [0.2, 0.25) is 0 Å². The minimum atomic E-state index is -0.348. The zero-order chi connectivity index (χ0) is 28.3. The molecular formula is C31H25N3O6S. The second kappa shape index (κ2) is 11.4. The van der Waals surface area contributed by atoms with Crippen molar-refractivity contribution in [2.45, 2.75) is 18.9 Å². The van der Waals surface area contributed by atoms with Gasteiger partial charge in [0.15, 0.2) is 0 Å². The molecule has 206 valence electrons. The van der Waals surface area contributed by atoms with Crippen molar-refractivity contribution in [1.82, 2.24) is 4.90 Å². The Labute approximate surface area is 239 Å². The van der Waals surface area contributed by atoms with Gasteiger partial charge >= 0.3 is 0 Å². The van der Waals surface area contributed by atoms with Gasteiger partial charge in [-0.25, -0.2) is 0 Å². The molecule has 3 aromatic carbocycles. The minimum absolute atomic E-state index is 0.117. The van der Waals surface area contributed by atoms with Crippen LogP contribution in [-0.2, 0) is 4.74 Å². The number of imide groups is 1. The molecule has 2 N–H and O–H groups in total. The number of nitrogens with one attached hydrogen (secondary N) is 2. The first-order valence-electron chi connectivity index (χ1n) is 13.1. The number of anilines is 2. The highest BCUT2D eigenvalue weighted by Crippen LogP contribution is 2.31. The number of carbonyl (C=O) groups is 4. The molecule has 4 aromatic rings. The monoisotopic (exact) mass is 567 g/mol. The molecule has 1 saturated heterocycles. The van der Waals surface area contributed by atoms with Crippen LogP contribution in [0.2, 0.25) is 0 Å². The van der Waals surface area contributed by atoms with E-state index in [9.17, 15) is 19.2 Å². The highest BCUT2D eigenvalue weighted by atomic mass is 32.1. The van der Waals surface area contributed by atoms with Gasteiger partial charge in [0.25, 0.3) is 23.6 Å². The van der Waals surface area contributed by atoms with Crippen LogP contribution in [0.1, 0.15) is 53.6 Å². The number of amides is 4. The molecule has 41 heavy (non-hydrogen) atoms. The average Bonchev–Trinajstić information content (AvgIpc) is 3.75. The fraction of sp³-hybridized carbons (Fsp3) is 0.161. The fourth-order valence-electron chi connectivity index (χ4n) is 4.78. The Hall–Kier alpha value is -4.80. The Morgan fingerprint density at radius 3 is 2.39 bits per heavy atom. The molecule has 0 aliphatic carbocycles. The Morgan fingerprint density at radius 2 is 1.63 bits per heavy atom.